The molecule has 0 spiro atoms. The Bertz CT molecular complexity index is 1120. The molecule has 9 nitrogen and oxygen atoms in total. The highest BCUT2D eigenvalue weighted by Crippen LogP contribution is 2.25. The Morgan fingerprint density at radius 2 is 1.79 bits per heavy atom. The van der Waals surface area contributed by atoms with Crippen molar-refractivity contribution in [2.24, 2.45) is 0 Å². The minimum Gasteiger partial charge on any atom is -0.354 e. The standard InChI is InChI=1S/C19H21N9/c1-2-16-24-25-19-18(21-6-9-28(16)19)27-8-3-7-26(10-11-27)17-14-4-5-20-12-15(14)22-13-23-17/h4-6,9,12-13H,2-3,7-8,10-11H2,1H3. The third-order valence-electron chi connectivity index (χ3n) is 5.21. The molecule has 0 atom stereocenters. The van der Waals surface area contributed by atoms with Gasteiger partial charge in [0.05, 0.1) is 11.7 Å². The molecule has 1 aliphatic heterocycles. The fourth-order valence-electron chi connectivity index (χ4n) is 3.81. The Kier molecular flexibility index (Phi) is 4.19. The second-order valence-electron chi connectivity index (χ2n) is 6.83. The van der Waals surface area contributed by atoms with Crippen LogP contribution in [0.5, 0.6) is 0 Å². The molecule has 1 aliphatic rings. The molecule has 4 aromatic heterocycles. The molecule has 0 radical (unpaired) electrons. The summed E-state index contributed by atoms with van der Waals surface area (Å²) in [4.78, 5) is 22.3. The molecule has 5 rings (SSSR count). The van der Waals surface area contributed by atoms with E-state index in [1.165, 1.54) is 0 Å². The summed E-state index contributed by atoms with van der Waals surface area (Å²) in [5.74, 6) is 2.82. The van der Waals surface area contributed by atoms with Gasteiger partial charge in [0, 0.05) is 56.6 Å². The van der Waals surface area contributed by atoms with E-state index in [9.17, 15) is 0 Å². The molecule has 0 aliphatic carbocycles. The first kappa shape index (κ1) is 16.8. The number of hydrogen-bond donors (Lipinski definition) is 0. The van der Waals surface area contributed by atoms with Crippen LogP contribution in [-0.4, -0.2) is 60.7 Å². The van der Waals surface area contributed by atoms with Crippen LogP contribution in [0.2, 0.25) is 0 Å². The highest BCUT2D eigenvalue weighted by atomic mass is 15.3. The zero-order valence-electron chi connectivity index (χ0n) is 15.7. The minimum atomic E-state index is 0.825. The van der Waals surface area contributed by atoms with E-state index in [0.717, 1.165) is 73.0 Å². The molecule has 1 saturated heterocycles. The first-order chi connectivity index (χ1) is 13.8. The van der Waals surface area contributed by atoms with Crippen LogP contribution in [-0.2, 0) is 6.42 Å². The van der Waals surface area contributed by atoms with Gasteiger partial charge in [-0.3, -0.25) is 9.38 Å². The fourth-order valence-corrected chi connectivity index (χ4v) is 3.81. The van der Waals surface area contributed by atoms with Crippen molar-refractivity contribution in [1.29, 1.82) is 0 Å². The van der Waals surface area contributed by atoms with Crippen LogP contribution in [0.1, 0.15) is 19.2 Å². The van der Waals surface area contributed by atoms with Crippen LogP contribution in [0.4, 0.5) is 11.6 Å². The second-order valence-corrected chi connectivity index (χ2v) is 6.83. The number of nitrogens with zero attached hydrogens (tertiary/aromatic N) is 9. The number of aromatic nitrogens is 7. The van der Waals surface area contributed by atoms with Gasteiger partial charge in [0.25, 0.3) is 0 Å². The van der Waals surface area contributed by atoms with Gasteiger partial charge in [-0.15, -0.1) is 10.2 Å². The molecule has 0 aromatic carbocycles. The number of rotatable bonds is 3. The topological polar surface area (TPSA) is 88.2 Å². The Morgan fingerprint density at radius 1 is 0.929 bits per heavy atom. The number of fused-ring (bicyclic) bond motifs is 2. The Balaban J connectivity index is 1.44. The Hall–Kier alpha value is -3.36. The van der Waals surface area contributed by atoms with Crippen molar-refractivity contribution >= 4 is 28.2 Å². The smallest absolute Gasteiger partial charge is 0.203 e. The summed E-state index contributed by atoms with van der Waals surface area (Å²) in [7, 11) is 0. The minimum absolute atomic E-state index is 0.825. The highest BCUT2D eigenvalue weighted by molar-refractivity contribution is 5.88. The van der Waals surface area contributed by atoms with Gasteiger partial charge < -0.3 is 9.80 Å². The SMILES string of the molecule is CCc1nnc2c(N3CCCN(c4ncnc5cnccc45)CC3)nccn12. The van der Waals surface area contributed by atoms with Crippen molar-refractivity contribution in [1.82, 2.24) is 34.5 Å². The maximum absolute atomic E-state index is 4.62. The zero-order valence-corrected chi connectivity index (χ0v) is 15.7. The number of hydrogen-bond acceptors (Lipinski definition) is 8. The molecule has 28 heavy (non-hydrogen) atoms. The van der Waals surface area contributed by atoms with Crippen LogP contribution in [0, 0.1) is 0 Å². The summed E-state index contributed by atoms with van der Waals surface area (Å²) in [6, 6.07) is 1.98. The molecule has 1 fully saturated rings. The fraction of sp³-hybridized carbons (Fsp3) is 0.368. The maximum Gasteiger partial charge on any atom is 0.203 e. The van der Waals surface area contributed by atoms with Crippen LogP contribution in [0.3, 0.4) is 0 Å². The van der Waals surface area contributed by atoms with Crippen molar-refractivity contribution in [3.63, 3.8) is 0 Å². The molecular formula is C19H21N9. The van der Waals surface area contributed by atoms with Gasteiger partial charge in [-0.2, -0.15) is 0 Å². The average molecular weight is 375 g/mol. The van der Waals surface area contributed by atoms with Gasteiger partial charge in [-0.25, -0.2) is 15.0 Å². The molecular weight excluding hydrogens is 354 g/mol. The summed E-state index contributed by atoms with van der Waals surface area (Å²) < 4.78 is 2.04. The van der Waals surface area contributed by atoms with Gasteiger partial charge in [0.1, 0.15) is 18.0 Å². The second kappa shape index (κ2) is 6.99. The first-order valence-electron chi connectivity index (χ1n) is 9.58. The lowest BCUT2D eigenvalue weighted by Gasteiger charge is -2.24. The Morgan fingerprint density at radius 3 is 2.64 bits per heavy atom. The predicted molar refractivity (Wildman–Crippen MR) is 107 cm³/mol. The van der Waals surface area contributed by atoms with Crippen LogP contribution in [0.25, 0.3) is 16.6 Å². The van der Waals surface area contributed by atoms with Gasteiger partial charge >= 0.3 is 0 Å². The van der Waals surface area contributed by atoms with E-state index in [-0.39, 0.29) is 0 Å². The molecule has 0 amide bonds. The van der Waals surface area contributed by atoms with E-state index in [2.05, 4.69) is 46.9 Å². The summed E-state index contributed by atoms with van der Waals surface area (Å²) in [6.07, 6.45) is 10.8. The lowest BCUT2D eigenvalue weighted by atomic mass is 10.2. The molecule has 142 valence electrons. The lowest BCUT2D eigenvalue weighted by Crippen LogP contribution is -2.32. The van der Waals surface area contributed by atoms with Crippen LogP contribution in [0.15, 0.2) is 37.2 Å². The molecule has 5 heterocycles. The normalized spacial score (nSPS) is 15.3. The third-order valence-corrected chi connectivity index (χ3v) is 5.21. The van der Waals surface area contributed by atoms with Crippen LogP contribution >= 0.6 is 0 Å². The van der Waals surface area contributed by atoms with Crippen molar-refractivity contribution in [3.05, 3.63) is 43.0 Å². The van der Waals surface area contributed by atoms with Gasteiger partial charge in [0.2, 0.25) is 5.65 Å². The predicted octanol–water partition coefficient (Wildman–Crippen LogP) is 1.74. The molecule has 0 saturated carbocycles. The van der Waals surface area contributed by atoms with Crippen molar-refractivity contribution in [2.75, 3.05) is 36.0 Å². The van der Waals surface area contributed by atoms with E-state index in [0.29, 0.717) is 0 Å². The molecule has 0 unspecified atom stereocenters. The average Bonchev–Trinajstić information content (AvgIpc) is 3.02. The van der Waals surface area contributed by atoms with Crippen molar-refractivity contribution in [3.8, 4) is 0 Å². The molecule has 0 bridgehead atoms. The third kappa shape index (κ3) is 2.79. The molecule has 0 N–H and O–H groups in total. The van der Waals surface area contributed by atoms with E-state index in [1.807, 2.05) is 22.9 Å². The Labute approximate surface area is 162 Å². The van der Waals surface area contributed by atoms with Gasteiger partial charge in [0.15, 0.2) is 5.82 Å². The van der Waals surface area contributed by atoms with Crippen molar-refractivity contribution < 1.29 is 0 Å². The monoisotopic (exact) mass is 375 g/mol. The number of aryl methyl sites for hydroxylation is 1. The number of anilines is 2. The van der Waals surface area contributed by atoms with Gasteiger partial charge in [-0.05, 0) is 12.5 Å². The zero-order chi connectivity index (χ0) is 18.9. The van der Waals surface area contributed by atoms with E-state index >= 15 is 0 Å². The van der Waals surface area contributed by atoms with E-state index in [1.54, 1.807) is 18.7 Å². The van der Waals surface area contributed by atoms with E-state index in [4.69, 9.17) is 0 Å². The summed E-state index contributed by atoms with van der Waals surface area (Å²) in [5.41, 5.74) is 1.70. The quantitative estimate of drug-likeness (QED) is 0.535. The maximum atomic E-state index is 4.62. The van der Waals surface area contributed by atoms with Crippen molar-refractivity contribution in [2.45, 2.75) is 19.8 Å². The highest BCUT2D eigenvalue weighted by Gasteiger charge is 2.21. The van der Waals surface area contributed by atoms with E-state index < -0.39 is 0 Å². The largest absolute Gasteiger partial charge is 0.354 e. The lowest BCUT2D eigenvalue weighted by molar-refractivity contribution is 0.793. The summed E-state index contributed by atoms with van der Waals surface area (Å²) in [6.45, 7) is 5.63. The van der Waals surface area contributed by atoms with Crippen LogP contribution < -0.4 is 9.80 Å². The first-order valence-corrected chi connectivity index (χ1v) is 9.58. The van der Waals surface area contributed by atoms with Gasteiger partial charge in [-0.1, -0.05) is 6.92 Å². The summed E-state index contributed by atoms with van der Waals surface area (Å²) in [5, 5.41) is 9.72. The number of pyridine rings is 1. The molecule has 4 aromatic rings. The molecule has 9 heteroatoms. The summed E-state index contributed by atoms with van der Waals surface area (Å²) >= 11 is 0.